The van der Waals surface area contributed by atoms with Gasteiger partial charge in [-0.15, -0.1) is 0 Å². The highest BCUT2D eigenvalue weighted by Crippen LogP contribution is 2.28. The summed E-state index contributed by atoms with van der Waals surface area (Å²) in [5, 5.41) is 0.917. The minimum absolute atomic E-state index is 0.724. The summed E-state index contributed by atoms with van der Waals surface area (Å²) in [6.07, 6.45) is 0. The number of hydrogen-bond acceptors (Lipinski definition) is 3. The number of hydrogen-bond donors (Lipinski definition) is 1. The molecule has 0 bridgehead atoms. The molecule has 0 spiro atoms. The van der Waals surface area contributed by atoms with E-state index in [9.17, 15) is 0 Å². The lowest BCUT2D eigenvalue weighted by Gasteiger charge is -2.08. The van der Waals surface area contributed by atoms with Crippen LogP contribution >= 0.6 is 0 Å². The second kappa shape index (κ2) is 4.85. The molecular formula is C17H16N2O. The fraction of sp³-hybridized carbons (Fsp3) is 0.118. The topological polar surface area (TPSA) is 48.1 Å². The van der Waals surface area contributed by atoms with Gasteiger partial charge in [0, 0.05) is 16.8 Å². The number of anilines is 1. The number of nitrogens with zero attached hydrogens (tertiary/aromatic N) is 1. The Balaban J connectivity index is 1.98. The van der Waals surface area contributed by atoms with Crippen LogP contribution in [0.3, 0.4) is 0 Å². The van der Waals surface area contributed by atoms with E-state index in [1.807, 2.05) is 55.5 Å². The second-order valence-electron chi connectivity index (χ2n) is 4.95. The molecule has 0 radical (unpaired) electrons. The van der Waals surface area contributed by atoms with Crippen molar-refractivity contribution in [2.24, 2.45) is 0 Å². The Labute approximate surface area is 118 Å². The molecule has 100 valence electrons. The van der Waals surface area contributed by atoms with E-state index in [-0.39, 0.29) is 0 Å². The van der Waals surface area contributed by atoms with Crippen LogP contribution in [0, 0.1) is 13.8 Å². The third-order valence-electron chi connectivity index (χ3n) is 3.20. The number of aromatic nitrogens is 1. The Bertz CT molecular complexity index is 764. The molecule has 3 aromatic rings. The van der Waals surface area contributed by atoms with Gasteiger partial charge in [-0.2, -0.15) is 0 Å². The lowest BCUT2D eigenvalue weighted by Crippen LogP contribution is -1.93. The highest BCUT2D eigenvalue weighted by molar-refractivity contribution is 5.91. The lowest BCUT2D eigenvalue weighted by atomic mass is 10.1. The molecule has 2 N–H and O–H groups in total. The van der Waals surface area contributed by atoms with E-state index >= 15 is 0 Å². The van der Waals surface area contributed by atoms with Gasteiger partial charge in [0.05, 0.1) is 5.52 Å². The van der Waals surface area contributed by atoms with Crippen LogP contribution in [0.15, 0.2) is 48.5 Å². The fourth-order valence-corrected chi connectivity index (χ4v) is 2.17. The summed E-state index contributed by atoms with van der Waals surface area (Å²) in [5.74, 6) is 1.58. The number of pyridine rings is 1. The molecule has 0 aliphatic rings. The van der Waals surface area contributed by atoms with Gasteiger partial charge in [-0.3, -0.25) is 4.98 Å². The SMILES string of the molecule is Cc1ccc(Oc2ccc3nc(C)cc(N)c3c2)cc1. The van der Waals surface area contributed by atoms with Crippen LogP contribution in [-0.2, 0) is 0 Å². The summed E-state index contributed by atoms with van der Waals surface area (Å²) < 4.78 is 5.84. The third-order valence-corrected chi connectivity index (χ3v) is 3.20. The predicted octanol–water partition coefficient (Wildman–Crippen LogP) is 4.23. The zero-order chi connectivity index (χ0) is 14.1. The van der Waals surface area contributed by atoms with Crippen LogP contribution < -0.4 is 10.5 Å². The molecule has 0 aliphatic heterocycles. The van der Waals surface area contributed by atoms with Crippen LogP contribution in [0.25, 0.3) is 10.9 Å². The largest absolute Gasteiger partial charge is 0.457 e. The number of benzene rings is 2. The maximum Gasteiger partial charge on any atom is 0.128 e. The Morgan fingerprint density at radius 1 is 0.900 bits per heavy atom. The van der Waals surface area contributed by atoms with Gasteiger partial charge in [0.25, 0.3) is 0 Å². The molecule has 0 unspecified atom stereocenters. The van der Waals surface area contributed by atoms with Gasteiger partial charge in [0.15, 0.2) is 0 Å². The zero-order valence-corrected chi connectivity index (χ0v) is 11.6. The quantitative estimate of drug-likeness (QED) is 0.753. The highest BCUT2D eigenvalue weighted by atomic mass is 16.5. The van der Waals surface area contributed by atoms with Crippen molar-refractivity contribution < 1.29 is 4.74 Å². The molecule has 0 amide bonds. The van der Waals surface area contributed by atoms with E-state index in [2.05, 4.69) is 11.9 Å². The van der Waals surface area contributed by atoms with Crippen LogP contribution in [0.5, 0.6) is 11.5 Å². The van der Waals surface area contributed by atoms with Gasteiger partial charge in [-0.25, -0.2) is 0 Å². The highest BCUT2D eigenvalue weighted by Gasteiger charge is 2.04. The van der Waals surface area contributed by atoms with Crippen molar-refractivity contribution in [1.82, 2.24) is 4.98 Å². The van der Waals surface area contributed by atoms with Gasteiger partial charge in [0.1, 0.15) is 11.5 Å². The van der Waals surface area contributed by atoms with Crippen molar-refractivity contribution in [2.75, 3.05) is 5.73 Å². The Morgan fingerprint density at radius 2 is 1.60 bits per heavy atom. The summed E-state index contributed by atoms with van der Waals surface area (Å²) in [5.41, 5.74) is 9.78. The predicted molar refractivity (Wildman–Crippen MR) is 82.1 cm³/mol. The minimum Gasteiger partial charge on any atom is -0.457 e. The number of ether oxygens (including phenoxy) is 1. The first-order valence-electron chi connectivity index (χ1n) is 6.53. The van der Waals surface area contributed by atoms with E-state index in [0.717, 1.165) is 33.8 Å². The Hall–Kier alpha value is -2.55. The van der Waals surface area contributed by atoms with Crippen molar-refractivity contribution in [3.05, 3.63) is 59.8 Å². The smallest absolute Gasteiger partial charge is 0.128 e. The molecule has 3 rings (SSSR count). The maximum atomic E-state index is 6.04. The first-order valence-corrected chi connectivity index (χ1v) is 6.53. The molecule has 2 aromatic carbocycles. The molecule has 0 saturated carbocycles. The molecule has 0 atom stereocenters. The molecule has 3 nitrogen and oxygen atoms in total. The average Bonchev–Trinajstić information content (AvgIpc) is 2.42. The average molecular weight is 264 g/mol. The molecular weight excluding hydrogens is 248 g/mol. The molecule has 0 saturated heterocycles. The third kappa shape index (κ3) is 2.43. The normalized spacial score (nSPS) is 10.7. The number of rotatable bonds is 2. The van der Waals surface area contributed by atoms with Crippen molar-refractivity contribution in [1.29, 1.82) is 0 Å². The summed E-state index contributed by atoms with van der Waals surface area (Å²) in [7, 11) is 0. The van der Waals surface area contributed by atoms with Gasteiger partial charge in [0.2, 0.25) is 0 Å². The van der Waals surface area contributed by atoms with Crippen molar-refractivity contribution in [3.63, 3.8) is 0 Å². The summed E-state index contributed by atoms with van der Waals surface area (Å²) >= 11 is 0. The minimum atomic E-state index is 0.724. The van der Waals surface area contributed by atoms with Gasteiger partial charge >= 0.3 is 0 Å². The molecule has 0 fully saturated rings. The number of aryl methyl sites for hydroxylation is 2. The van der Waals surface area contributed by atoms with E-state index in [4.69, 9.17) is 10.5 Å². The molecule has 3 heteroatoms. The number of nitrogens with two attached hydrogens (primary N) is 1. The molecule has 0 aliphatic carbocycles. The first-order chi connectivity index (χ1) is 9.61. The summed E-state index contributed by atoms with van der Waals surface area (Å²) in [4.78, 5) is 4.46. The molecule has 1 heterocycles. The van der Waals surface area contributed by atoms with Crippen LogP contribution in [0.4, 0.5) is 5.69 Å². The monoisotopic (exact) mass is 264 g/mol. The first kappa shape index (κ1) is 12.5. The maximum absolute atomic E-state index is 6.04. The van der Waals surface area contributed by atoms with E-state index < -0.39 is 0 Å². The number of fused-ring (bicyclic) bond motifs is 1. The zero-order valence-electron chi connectivity index (χ0n) is 11.6. The van der Waals surface area contributed by atoms with Crippen molar-refractivity contribution in [3.8, 4) is 11.5 Å². The van der Waals surface area contributed by atoms with Crippen LogP contribution in [0.1, 0.15) is 11.3 Å². The van der Waals surface area contributed by atoms with Crippen molar-refractivity contribution >= 4 is 16.6 Å². The van der Waals surface area contributed by atoms with E-state index in [1.54, 1.807) is 0 Å². The molecule has 20 heavy (non-hydrogen) atoms. The van der Waals surface area contributed by atoms with Crippen LogP contribution in [0.2, 0.25) is 0 Å². The van der Waals surface area contributed by atoms with Gasteiger partial charge in [-0.05, 0) is 50.2 Å². The summed E-state index contributed by atoms with van der Waals surface area (Å²) in [6, 6.07) is 15.6. The number of nitrogen functional groups attached to an aromatic ring is 1. The lowest BCUT2D eigenvalue weighted by molar-refractivity contribution is 0.483. The second-order valence-corrected chi connectivity index (χ2v) is 4.95. The Kier molecular flexibility index (Phi) is 3.03. The van der Waals surface area contributed by atoms with Crippen molar-refractivity contribution in [2.45, 2.75) is 13.8 Å². The standard InChI is InChI=1S/C17H16N2O/c1-11-3-5-13(6-4-11)20-14-7-8-17-15(10-14)16(18)9-12(2)19-17/h3-10H,1-2H3,(H2,18,19). The van der Waals surface area contributed by atoms with Crippen LogP contribution in [-0.4, -0.2) is 4.98 Å². The summed E-state index contributed by atoms with van der Waals surface area (Å²) in [6.45, 7) is 3.99. The fourth-order valence-electron chi connectivity index (χ4n) is 2.17. The van der Waals surface area contributed by atoms with Gasteiger partial charge in [-0.1, -0.05) is 17.7 Å². The van der Waals surface area contributed by atoms with E-state index in [0.29, 0.717) is 0 Å². The van der Waals surface area contributed by atoms with Gasteiger partial charge < -0.3 is 10.5 Å². The Morgan fingerprint density at radius 3 is 2.35 bits per heavy atom. The van der Waals surface area contributed by atoms with E-state index in [1.165, 1.54) is 5.56 Å². The molecule has 1 aromatic heterocycles.